The van der Waals surface area contributed by atoms with Gasteiger partial charge in [-0.3, -0.25) is 10.1 Å². The molecule has 7 heteroatoms. The summed E-state index contributed by atoms with van der Waals surface area (Å²) in [6, 6.07) is 3.31. The van der Waals surface area contributed by atoms with Crippen LogP contribution in [-0.2, 0) is 9.53 Å². The average Bonchev–Trinajstić information content (AvgIpc) is 2.28. The van der Waals surface area contributed by atoms with E-state index in [4.69, 9.17) is 9.47 Å². The van der Waals surface area contributed by atoms with Crippen molar-refractivity contribution in [2.45, 2.75) is 39.4 Å². The van der Waals surface area contributed by atoms with E-state index >= 15 is 0 Å². The number of nitro groups is 1. The maximum absolute atomic E-state index is 13.6. The van der Waals surface area contributed by atoms with Gasteiger partial charge in [-0.25, -0.2) is 9.18 Å². The molecular formula is C13H16FNO5. The molecule has 20 heavy (non-hydrogen) atoms. The molecule has 0 aliphatic carbocycles. The molecule has 110 valence electrons. The summed E-state index contributed by atoms with van der Waals surface area (Å²) in [5, 5.41) is 10.8. The Morgan fingerprint density at radius 1 is 1.40 bits per heavy atom. The van der Waals surface area contributed by atoms with Crippen LogP contribution in [0.1, 0.15) is 27.7 Å². The van der Waals surface area contributed by atoms with Crippen LogP contribution >= 0.6 is 0 Å². The van der Waals surface area contributed by atoms with Crippen LogP contribution in [-0.4, -0.2) is 22.6 Å². The summed E-state index contributed by atoms with van der Waals surface area (Å²) < 4.78 is 23.7. The number of nitro benzene ring substituents is 1. The fourth-order valence-electron chi connectivity index (χ4n) is 1.37. The second kappa shape index (κ2) is 5.85. The Morgan fingerprint density at radius 2 is 2.00 bits per heavy atom. The average molecular weight is 285 g/mol. The van der Waals surface area contributed by atoms with Crippen molar-refractivity contribution < 1.29 is 23.6 Å². The summed E-state index contributed by atoms with van der Waals surface area (Å²) in [6.07, 6.45) is -1.16. The van der Waals surface area contributed by atoms with Crippen LogP contribution in [0.5, 0.6) is 5.75 Å². The molecule has 0 aromatic heterocycles. The van der Waals surface area contributed by atoms with Gasteiger partial charge in [-0.05, 0) is 33.8 Å². The number of hydrogen-bond donors (Lipinski definition) is 0. The lowest BCUT2D eigenvalue weighted by molar-refractivity contribution is -0.386. The van der Waals surface area contributed by atoms with Gasteiger partial charge in [-0.2, -0.15) is 0 Å². The second-order valence-electron chi connectivity index (χ2n) is 5.14. The van der Waals surface area contributed by atoms with E-state index in [2.05, 4.69) is 0 Å². The molecule has 0 fully saturated rings. The number of para-hydroxylation sites is 1. The van der Waals surface area contributed by atoms with Crippen molar-refractivity contribution >= 4 is 11.7 Å². The van der Waals surface area contributed by atoms with Crippen molar-refractivity contribution in [3.05, 3.63) is 34.1 Å². The third-order valence-electron chi connectivity index (χ3n) is 2.18. The second-order valence-corrected chi connectivity index (χ2v) is 5.14. The third kappa shape index (κ3) is 4.18. The minimum Gasteiger partial charge on any atom is -0.470 e. The highest BCUT2D eigenvalue weighted by Crippen LogP contribution is 2.30. The topological polar surface area (TPSA) is 78.7 Å². The van der Waals surface area contributed by atoms with E-state index < -0.39 is 39.9 Å². The zero-order valence-electron chi connectivity index (χ0n) is 11.7. The quantitative estimate of drug-likeness (QED) is 0.483. The van der Waals surface area contributed by atoms with Crippen molar-refractivity contribution in [1.82, 2.24) is 0 Å². The highest BCUT2D eigenvalue weighted by Gasteiger charge is 2.27. The molecule has 0 radical (unpaired) electrons. The smallest absolute Gasteiger partial charge is 0.347 e. The molecule has 0 bridgehead atoms. The molecule has 0 saturated heterocycles. The van der Waals surface area contributed by atoms with E-state index in [9.17, 15) is 19.3 Å². The first-order chi connectivity index (χ1) is 9.11. The molecule has 0 saturated carbocycles. The van der Waals surface area contributed by atoms with Crippen molar-refractivity contribution in [1.29, 1.82) is 0 Å². The van der Waals surface area contributed by atoms with E-state index in [0.717, 1.165) is 12.1 Å². The lowest BCUT2D eigenvalue weighted by Gasteiger charge is -2.22. The Hall–Kier alpha value is -2.18. The molecule has 1 rings (SSSR count). The molecule has 0 aliphatic rings. The molecule has 1 unspecified atom stereocenters. The number of carbonyl (C=O) groups excluding carboxylic acids is 1. The summed E-state index contributed by atoms with van der Waals surface area (Å²) in [7, 11) is 0. The van der Waals surface area contributed by atoms with Gasteiger partial charge in [0.2, 0.25) is 5.75 Å². The fourth-order valence-corrected chi connectivity index (χ4v) is 1.37. The van der Waals surface area contributed by atoms with Crippen LogP contribution in [0.3, 0.4) is 0 Å². The number of esters is 1. The van der Waals surface area contributed by atoms with Crippen LogP contribution in [0.2, 0.25) is 0 Å². The number of carbonyl (C=O) groups is 1. The van der Waals surface area contributed by atoms with Crippen molar-refractivity contribution in [3.8, 4) is 5.75 Å². The van der Waals surface area contributed by atoms with Crippen molar-refractivity contribution in [2.75, 3.05) is 0 Å². The monoisotopic (exact) mass is 285 g/mol. The molecular weight excluding hydrogens is 269 g/mol. The minimum absolute atomic E-state index is 0.541. The lowest BCUT2D eigenvalue weighted by Crippen LogP contribution is -2.33. The molecule has 6 nitrogen and oxygen atoms in total. The molecule has 1 aromatic carbocycles. The van der Waals surface area contributed by atoms with Gasteiger partial charge in [0.15, 0.2) is 11.9 Å². The number of nitrogens with zero attached hydrogens (tertiary/aromatic N) is 1. The van der Waals surface area contributed by atoms with Gasteiger partial charge in [0.1, 0.15) is 5.60 Å². The van der Waals surface area contributed by atoms with Crippen molar-refractivity contribution in [3.63, 3.8) is 0 Å². The number of hydrogen-bond acceptors (Lipinski definition) is 5. The summed E-state index contributed by atoms with van der Waals surface area (Å²) in [5.41, 5.74) is -1.27. The van der Waals surface area contributed by atoms with Gasteiger partial charge in [0, 0.05) is 6.07 Å². The molecule has 0 spiro atoms. The largest absolute Gasteiger partial charge is 0.470 e. The first-order valence-electron chi connectivity index (χ1n) is 5.94. The molecule has 0 heterocycles. The molecule has 0 aliphatic heterocycles. The van der Waals surface area contributed by atoms with Crippen LogP contribution in [0.25, 0.3) is 0 Å². The van der Waals surface area contributed by atoms with Gasteiger partial charge >= 0.3 is 11.7 Å². The van der Waals surface area contributed by atoms with Gasteiger partial charge in [-0.15, -0.1) is 0 Å². The summed E-state index contributed by atoms with van der Waals surface area (Å²) in [6.45, 7) is 6.35. The highest BCUT2D eigenvalue weighted by molar-refractivity contribution is 5.75. The third-order valence-corrected chi connectivity index (χ3v) is 2.18. The van der Waals surface area contributed by atoms with Crippen LogP contribution in [0.15, 0.2) is 18.2 Å². The van der Waals surface area contributed by atoms with E-state index in [-0.39, 0.29) is 0 Å². The SMILES string of the molecule is CC(Oc1c(F)cccc1[N+](=O)[O-])C(=O)OC(C)(C)C. The standard InChI is InChI=1S/C13H16FNO5/c1-8(12(16)20-13(2,3)4)19-11-9(14)6-5-7-10(11)15(17)18/h5-8H,1-4H3. The molecule has 0 N–H and O–H groups in total. The summed E-state index contributed by atoms with van der Waals surface area (Å²) in [5.74, 6) is -2.21. The number of rotatable bonds is 4. The summed E-state index contributed by atoms with van der Waals surface area (Å²) in [4.78, 5) is 21.7. The minimum atomic E-state index is -1.16. The Labute approximate surface area is 115 Å². The molecule has 1 atom stereocenters. The number of halogens is 1. The normalized spacial score (nSPS) is 12.7. The van der Waals surface area contributed by atoms with E-state index in [1.807, 2.05) is 0 Å². The Bertz CT molecular complexity index is 524. The highest BCUT2D eigenvalue weighted by atomic mass is 19.1. The Balaban J connectivity index is 2.93. The van der Waals surface area contributed by atoms with Crippen LogP contribution < -0.4 is 4.74 Å². The molecule has 1 aromatic rings. The van der Waals surface area contributed by atoms with E-state index in [1.165, 1.54) is 13.0 Å². The van der Waals surface area contributed by atoms with Crippen LogP contribution in [0.4, 0.5) is 10.1 Å². The maximum atomic E-state index is 13.6. The number of benzene rings is 1. The first kappa shape index (κ1) is 15.9. The Morgan fingerprint density at radius 3 is 2.50 bits per heavy atom. The molecule has 0 amide bonds. The van der Waals surface area contributed by atoms with Gasteiger partial charge in [-0.1, -0.05) is 6.07 Å². The predicted molar refractivity (Wildman–Crippen MR) is 69.0 cm³/mol. The fraction of sp³-hybridized carbons (Fsp3) is 0.462. The van der Waals surface area contributed by atoms with E-state index in [1.54, 1.807) is 20.8 Å². The maximum Gasteiger partial charge on any atom is 0.347 e. The summed E-state index contributed by atoms with van der Waals surface area (Å²) >= 11 is 0. The Kier molecular flexibility index (Phi) is 4.65. The first-order valence-corrected chi connectivity index (χ1v) is 5.94. The number of ether oxygens (including phenoxy) is 2. The van der Waals surface area contributed by atoms with Gasteiger partial charge in [0.05, 0.1) is 4.92 Å². The van der Waals surface area contributed by atoms with Gasteiger partial charge in [0.25, 0.3) is 0 Å². The van der Waals surface area contributed by atoms with Crippen LogP contribution in [0, 0.1) is 15.9 Å². The zero-order valence-corrected chi connectivity index (χ0v) is 11.7. The van der Waals surface area contributed by atoms with E-state index in [0.29, 0.717) is 0 Å². The van der Waals surface area contributed by atoms with Gasteiger partial charge < -0.3 is 9.47 Å². The van der Waals surface area contributed by atoms with Crippen molar-refractivity contribution in [2.24, 2.45) is 0 Å². The zero-order chi connectivity index (χ0) is 15.5. The predicted octanol–water partition coefficient (Wildman–Crippen LogP) is 2.84. The lowest BCUT2D eigenvalue weighted by atomic mass is 10.2.